The molecule has 0 fully saturated rings. The number of hydrogen-bond acceptors (Lipinski definition) is 2. The smallest absolute Gasteiger partial charge is 0.168 e. The molecule has 2 nitrogen and oxygen atoms in total. The summed E-state index contributed by atoms with van der Waals surface area (Å²) in [6.45, 7) is 12.8. The zero-order valence-corrected chi connectivity index (χ0v) is 11.2. The third-order valence-electron chi connectivity index (χ3n) is 2.90. The lowest BCUT2D eigenvalue weighted by Crippen LogP contribution is -2.31. The maximum absolute atomic E-state index is 9.46. The fourth-order valence-electron chi connectivity index (χ4n) is 1.49. The molecular formula is C11H25O2P. The highest BCUT2D eigenvalue weighted by Crippen LogP contribution is 2.49. The normalized spacial score (nSPS) is 16.1. The lowest BCUT2D eigenvalue weighted by molar-refractivity contribution is 0.237. The van der Waals surface area contributed by atoms with Gasteiger partial charge in [0.15, 0.2) is 8.38 Å². The molecule has 0 aromatic heterocycles. The Balaban J connectivity index is 4.62. The predicted molar refractivity (Wildman–Crippen MR) is 63.3 cm³/mol. The van der Waals surface area contributed by atoms with Gasteiger partial charge in [0.05, 0.1) is 0 Å². The molecular weight excluding hydrogens is 195 g/mol. The Morgan fingerprint density at radius 2 is 1.50 bits per heavy atom. The topological polar surface area (TPSA) is 40.5 Å². The second-order valence-electron chi connectivity index (χ2n) is 5.94. The van der Waals surface area contributed by atoms with Crippen molar-refractivity contribution < 1.29 is 9.79 Å². The van der Waals surface area contributed by atoms with Crippen molar-refractivity contribution in [3.8, 4) is 0 Å². The molecule has 0 bridgehead atoms. The van der Waals surface area contributed by atoms with Gasteiger partial charge in [0.2, 0.25) is 0 Å². The van der Waals surface area contributed by atoms with E-state index < -0.39 is 8.38 Å². The minimum Gasteiger partial charge on any atom is -0.350 e. The van der Waals surface area contributed by atoms with Crippen LogP contribution in [0.25, 0.3) is 0 Å². The summed E-state index contributed by atoms with van der Waals surface area (Å²) in [7, 11) is -1.82. The van der Waals surface area contributed by atoms with E-state index in [1.165, 1.54) is 0 Å². The highest BCUT2D eigenvalue weighted by atomic mass is 31.2. The summed E-state index contributed by atoms with van der Waals surface area (Å²) < 4.78 is 0. The van der Waals surface area contributed by atoms with Crippen LogP contribution in [0.15, 0.2) is 0 Å². The molecule has 0 amide bonds. The highest BCUT2D eigenvalue weighted by molar-refractivity contribution is 7.46. The molecule has 2 N–H and O–H groups in total. The van der Waals surface area contributed by atoms with Gasteiger partial charge in [0.25, 0.3) is 0 Å². The van der Waals surface area contributed by atoms with Gasteiger partial charge in [0, 0.05) is 5.66 Å². The minimum absolute atomic E-state index is 0.0162. The van der Waals surface area contributed by atoms with Crippen LogP contribution in [0.5, 0.6) is 0 Å². The maximum Gasteiger partial charge on any atom is 0.168 e. The molecule has 0 aliphatic rings. The molecule has 0 aromatic rings. The maximum atomic E-state index is 9.46. The van der Waals surface area contributed by atoms with Crippen LogP contribution >= 0.6 is 8.38 Å². The van der Waals surface area contributed by atoms with E-state index in [9.17, 15) is 9.79 Å². The van der Waals surface area contributed by atoms with Crippen LogP contribution in [0.1, 0.15) is 54.4 Å². The van der Waals surface area contributed by atoms with Gasteiger partial charge in [-0.1, -0.05) is 48.0 Å². The van der Waals surface area contributed by atoms with E-state index in [-0.39, 0.29) is 16.5 Å². The average molecular weight is 220 g/mol. The Morgan fingerprint density at radius 3 is 1.71 bits per heavy atom. The zero-order chi connectivity index (χ0) is 11.6. The monoisotopic (exact) mass is 220 g/mol. The third-order valence-corrected chi connectivity index (χ3v) is 4.34. The Kier molecular flexibility index (Phi) is 5.04. The van der Waals surface area contributed by atoms with Gasteiger partial charge in [-0.05, 0) is 17.3 Å². The van der Waals surface area contributed by atoms with Crippen LogP contribution < -0.4 is 0 Å². The van der Waals surface area contributed by atoms with E-state index >= 15 is 0 Å². The lowest BCUT2D eigenvalue weighted by Gasteiger charge is -2.37. The summed E-state index contributed by atoms with van der Waals surface area (Å²) in [6, 6.07) is 0. The molecule has 86 valence electrons. The van der Waals surface area contributed by atoms with Gasteiger partial charge in [-0.2, -0.15) is 0 Å². The SMILES string of the molecule is CCC(C)(C)C(CC(C)(C)C)P(O)O. The van der Waals surface area contributed by atoms with Crippen LogP contribution in [-0.4, -0.2) is 15.4 Å². The van der Waals surface area contributed by atoms with Gasteiger partial charge in [0.1, 0.15) is 0 Å². The molecule has 0 aromatic carbocycles. The lowest BCUT2D eigenvalue weighted by atomic mass is 9.78. The molecule has 0 heterocycles. The first-order valence-electron chi connectivity index (χ1n) is 5.27. The zero-order valence-electron chi connectivity index (χ0n) is 10.3. The van der Waals surface area contributed by atoms with Crippen molar-refractivity contribution in [2.75, 3.05) is 0 Å². The van der Waals surface area contributed by atoms with Crippen LogP contribution in [0.2, 0.25) is 0 Å². The Labute approximate surface area is 89.7 Å². The molecule has 3 heteroatoms. The molecule has 0 radical (unpaired) electrons. The summed E-state index contributed by atoms with van der Waals surface area (Å²) in [5.74, 6) is 0. The van der Waals surface area contributed by atoms with Crippen molar-refractivity contribution >= 4 is 8.38 Å². The molecule has 0 rings (SSSR count). The first-order chi connectivity index (χ1) is 6.10. The summed E-state index contributed by atoms with van der Waals surface area (Å²) in [5, 5.41) is 0. The molecule has 14 heavy (non-hydrogen) atoms. The van der Waals surface area contributed by atoms with Gasteiger partial charge < -0.3 is 9.79 Å². The number of hydrogen-bond donors (Lipinski definition) is 2. The second-order valence-corrected chi connectivity index (χ2v) is 7.21. The van der Waals surface area contributed by atoms with Crippen molar-refractivity contribution in [1.29, 1.82) is 0 Å². The molecule has 1 unspecified atom stereocenters. The van der Waals surface area contributed by atoms with Gasteiger partial charge in [-0.15, -0.1) is 0 Å². The van der Waals surface area contributed by atoms with Gasteiger partial charge in [-0.3, -0.25) is 0 Å². The Morgan fingerprint density at radius 1 is 1.07 bits per heavy atom. The van der Waals surface area contributed by atoms with E-state index in [4.69, 9.17) is 0 Å². The van der Waals surface area contributed by atoms with E-state index in [0.29, 0.717) is 0 Å². The quantitative estimate of drug-likeness (QED) is 0.711. The summed E-state index contributed by atoms with van der Waals surface area (Å²) in [4.78, 5) is 18.9. The van der Waals surface area contributed by atoms with Crippen molar-refractivity contribution in [3.63, 3.8) is 0 Å². The van der Waals surface area contributed by atoms with Crippen molar-refractivity contribution in [2.45, 2.75) is 60.0 Å². The standard InChI is InChI=1S/C11H25O2P/c1-7-11(5,6)9(14(12)13)8-10(2,3)4/h9,12-13H,7-8H2,1-6H3. The third kappa shape index (κ3) is 4.72. The van der Waals surface area contributed by atoms with E-state index in [1.54, 1.807) is 0 Å². The Bertz CT molecular complexity index is 171. The molecule has 0 saturated heterocycles. The largest absolute Gasteiger partial charge is 0.350 e. The average Bonchev–Trinajstić information content (AvgIpc) is 1.98. The predicted octanol–water partition coefficient (Wildman–Crippen LogP) is 3.52. The molecule has 0 saturated carbocycles. The van der Waals surface area contributed by atoms with Crippen LogP contribution in [0, 0.1) is 10.8 Å². The summed E-state index contributed by atoms with van der Waals surface area (Å²) in [6.07, 6.45) is 1.85. The fraction of sp³-hybridized carbons (Fsp3) is 1.00. The minimum atomic E-state index is -1.82. The van der Waals surface area contributed by atoms with Crippen LogP contribution in [0.3, 0.4) is 0 Å². The van der Waals surface area contributed by atoms with Crippen LogP contribution in [0.4, 0.5) is 0 Å². The summed E-state index contributed by atoms with van der Waals surface area (Å²) >= 11 is 0. The van der Waals surface area contributed by atoms with Gasteiger partial charge >= 0.3 is 0 Å². The van der Waals surface area contributed by atoms with Crippen LogP contribution in [-0.2, 0) is 0 Å². The fourth-order valence-corrected chi connectivity index (χ4v) is 3.00. The highest BCUT2D eigenvalue weighted by Gasteiger charge is 2.36. The molecule has 1 atom stereocenters. The first kappa shape index (κ1) is 14.3. The molecule has 0 spiro atoms. The van der Waals surface area contributed by atoms with E-state index in [2.05, 4.69) is 41.5 Å². The first-order valence-corrected chi connectivity index (χ1v) is 6.59. The number of rotatable bonds is 4. The molecule has 0 aliphatic heterocycles. The van der Waals surface area contributed by atoms with Gasteiger partial charge in [-0.25, -0.2) is 0 Å². The second kappa shape index (κ2) is 4.92. The van der Waals surface area contributed by atoms with Crippen molar-refractivity contribution in [3.05, 3.63) is 0 Å². The van der Waals surface area contributed by atoms with E-state index in [0.717, 1.165) is 12.8 Å². The van der Waals surface area contributed by atoms with Crippen molar-refractivity contribution in [2.24, 2.45) is 10.8 Å². The molecule has 0 aliphatic carbocycles. The van der Waals surface area contributed by atoms with E-state index in [1.807, 2.05) is 0 Å². The van der Waals surface area contributed by atoms with Crippen molar-refractivity contribution in [1.82, 2.24) is 0 Å². The summed E-state index contributed by atoms with van der Waals surface area (Å²) in [5.41, 5.74) is 0.188. The Hall–Kier alpha value is 0.350.